The zero-order valence-corrected chi connectivity index (χ0v) is 12.8. The SMILES string of the molecule is Cc1cccc([C@@H](C)NC(C)c2cc3ccccc3o2)c1. The highest BCUT2D eigenvalue weighted by Crippen LogP contribution is 2.25. The van der Waals surface area contributed by atoms with Crippen molar-refractivity contribution in [1.29, 1.82) is 0 Å². The topological polar surface area (TPSA) is 25.2 Å². The second-order valence-corrected chi connectivity index (χ2v) is 5.71. The minimum atomic E-state index is 0.174. The molecule has 0 aliphatic carbocycles. The van der Waals surface area contributed by atoms with Gasteiger partial charge in [0.25, 0.3) is 0 Å². The number of aryl methyl sites for hydroxylation is 1. The largest absolute Gasteiger partial charge is 0.459 e. The lowest BCUT2D eigenvalue weighted by molar-refractivity contribution is 0.417. The molecule has 1 unspecified atom stereocenters. The molecular formula is C19H21NO. The number of benzene rings is 2. The number of nitrogens with one attached hydrogen (secondary N) is 1. The van der Waals surface area contributed by atoms with Gasteiger partial charge in [0, 0.05) is 11.4 Å². The molecule has 0 radical (unpaired) electrons. The monoisotopic (exact) mass is 279 g/mol. The fourth-order valence-corrected chi connectivity index (χ4v) is 2.71. The van der Waals surface area contributed by atoms with E-state index in [0.29, 0.717) is 0 Å². The molecule has 0 bridgehead atoms. The van der Waals surface area contributed by atoms with Crippen LogP contribution in [0.4, 0.5) is 0 Å². The predicted octanol–water partition coefficient (Wildman–Crippen LogP) is 5.15. The summed E-state index contributed by atoms with van der Waals surface area (Å²) in [6.45, 7) is 6.46. The molecule has 2 atom stereocenters. The third-order valence-corrected chi connectivity index (χ3v) is 3.91. The first-order valence-electron chi connectivity index (χ1n) is 7.44. The van der Waals surface area contributed by atoms with Crippen molar-refractivity contribution in [2.24, 2.45) is 0 Å². The molecule has 2 heteroatoms. The molecule has 0 amide bonds. The maximum absolute atomic E-state index is 5.93. The van der Waals surface area contributed by atoms with E-state index in [1.165, 1.54) is 11.1 Å². The van der Waals surface area contributed by atoms with Crippen molar-refractivity contribution in [2.75, 3.05) is 0 Å². The summed E-state index contributed by atoms with van der Waals surface area (Å²) >= 11 is 0. The second kappa shape index (κ2) is 5.74. The van der Waals surface area contributed by atoms with Crippen LogP contribution in [-0.4, -0.2) is 0 Å². The first-order chi connectivity index (χ1) is 10.1. The molecule has 3 rings (SSSR count). The van der Waals surface area contributed by atoms with E-state index in [1.54, 1.807) is 0 Å². The summed E-state index contributed by atoms with van der Waals surface area (Å²) in [5, 5.41) is 4.76. The molecule has 0 saturated heterocycles. The van der Waals surface area contributed by atoms with Crippen molar-refractivity contribution < 1.29 is 4.42 Å². The molecule has 1 heterocycles. The average molecular weight is 279 g/mol. The third-order valence-electron chi connectivity index (χ3n) is 3.91. The highest BCUT2D eigenvalue weighted by Gasteiger charge is 2.14. The van der Waals surface area contributed by atoms with E-state index in [-0.39, 0.29) is 12.1 Å². The number of rotatable bonds is 4. The number of hydrogen-bond acceptors (Lipinski definition) is 2. The van der Waals surface area contributed by atoms with E-state index in [4.69, 9.17) is 4.42 Å². The van der Waals surface area contributed by atoms with Gasteiger partial charge in [-0.15, -0.1) is 0 Å². The van der Waals surface area contributed by atoms with Gasteiger partial charge in [0.2, 0.25) is 0 Å². The number of para-hydroxylation sites is 1. The van der Waals surface area contributed by atoms with Gasteiger partial charge in [-0.1, -0.05) is 48.0 Å². The van der Waals surface area contributed by atoms with Crippen molar-refractivity contribution in [3.63, 3.8) is 0 Å². The quantitative estimate of drug-likeness (QED) is 0.714. The van der Waals surface area contributed by atoms with Crippen LogP contribution in [0.2, 0.25) is 0 Å². The fraction of sp³-hybridized carbons (Fsp3) is 0.263. The van der Waals surface area contributed by atoms with Crippen LogP contribution in [0.15, 0.2) is 59.0 Å². The van der Waals surface area contributed by atoms with Crippen LogP contribution in [0.1, 0.15) is 42.8 Å². The van der Waals surface area contributed by atoms with Gasteiger partial charge in [-0.25, -0.2) is 0 Å². The van der Waals surface area contributed by atoms with Gasteiger partial charge in [-0.05, 0) is 38.5 Å². The van der Waals surface area contributed by atoms with Gasteiger partial charge in [-0.3, -0.25) is 0 Å². The average Bonchev–Trinajstić information content (AvgIpc) is 2.91. The van der Waals surface area contributed by atoms with Gasteiger partial charge in [0.05, 0.1) is 6.04 Å². The van der Waals surface area contributed by atoms with E-state index in [1.807, 2.05) is 18.2 Å². The molecule has 3 aromatic rings. The molecule has 21 heavy (non-hydrogen) atoms. The summed E-state index contributed by atoms with van der Waals surface area (Å²) in [5.74, 6) is 0.982. The molecule has 2 nitrogen and oxygen atoms in total. The molecule has 1 N–H and O–H groups in total. The number of furan rings is 1. The van der Waals surface area contributed by atoms with E-state index in [0.717, 1.165) is 16.7 Å². The van der Waals surface area contributed by atoms with Crippen molar-refractivity contribution >= 4 is 11.0 Å². The Morgan fingerprint density at radius 2 is 1.71 bits per heavy atom. The zero-order chi connectivity index (χ0) is 14.8. The van der Waals surface area contributed by atoms with E-state index in [2.05, 4.69) is 62.5 Å². The highest BCUT2D eigenvalue weighted by atomic mass is 16.3. The lowest BCUT2D eigenvalue weighted by Gasteiger charge is -2.19. The molecule has 0 fully saturated rings. The lowest BCUT2D eigenvalue weighted by atomic mass is 10.0. The van der Waals surface area contributed by atoms with Crippen LogP contribution in [0.5, 0.6) is 0 Å². The summed E-state index contributed by atoms with van der Waals surface area (Å²) in [6.07, 6.45) is 0. The Bertz CT molecular complexity index is 711. The van der Waals surface area contributed by atoms with Gasteiger partial charge in [0.15, 0.2) is 0 Å². The van der Waals surface area contributed by atoms with Crippen molar-refractivity contribution in [2.45, 2.75) is 32.9 Å². The molecule has 108 valence electrons. The predicted molar refractivity (Wildman–Crippen MR) is 87.4 cm³/mol. The molecule has 0 spiro atoms. The first-order valence-corrected chi connectivity index (χ1v) is 7.44. The minimum Gasteiger partial charge on any atom is -0.459 e. The van der Waals surface area contributed by atoms with Gasteiger partial charge >= 0.3 is 0 Å². The van der Waals surface area contributed by atoms with Crippen LogP contribution in [0.3, 0.4) is 0 Å². The van der Waals surface area contributed by atoms with Crippen LogP contribution < -0.4 is 5.32 Å². The Hall–Kier alpha value is -2.06. The fourth-order valence-electron chi connectivity index (χ4n) is 2.71. The van der Waals surface area contributed by atoms with E-state index in [9.17, 15) is 0 Å². The standard InChI is InChI=1S/C19H21NO/c1-13-7-6-9-16(11-13)14(2)20-15(3)19-12-17-8-4-5-10-18(17)21-19/h4-12,14-15,20H,1-3H3/t14-,15?/m1/s1. The Labute approximate surface area is 125 Å². The molecular weight excluding hydrogens is 258 g/mol. The smallest absolute Gasteiger partial charge is 0.134 e. The number of fused-ring (bicyclic) bond motifs is 1. The number of hydrogen-bond donors (Lipinski definition) is 1. The summed E-state index contributed by atoms with van der Waals surface area (Å²) in [7, 11) is 0. The molecule has 1 aromatic heterocycles. The summed E-state index contributed by atoms with van der Waals surface area (Å²) < 4.78 is 5.93. The summed E-state index contributed by atoms with van der Waals surface area (Å²) in [4.78, 5) is 0. The first kappa shape index (κ1) is 13.9. The van der Waals surface area contributed by atoms with E-state index >= 15 is 0 Å². The van der Waals surface area contributed by atoms with Gasteiger partial charge in [-0.2, -0.15) is 0 Å². The molecule has 0 saturated carbocycles. The van der Waals surface area contributed by atoms with Gasteiger partial charge in [0.1, 0.15) is 11.3 Å². The van der Waals surface area contributed by atoms with Crippen LogP contribution in [0, 0.1) is 6.92 Å². The lowest BCUT2D eigenvalue weighted by Crippen LogP contribution is -2.22. The summed E-state index contributed by atoms with van der Waals surface area (Å²) in [5.41, 5.74) is 3.54. The highest BCUT2D eigenvalue weighted by molar-refractivity contribution is 5.77. The van der Waals surface area contributed by atoms with E-state index < -0.39 is 0 Å². The molecule has 2 aromatic carbocycles. The van der Waals surface area contributed by atoms with Crippen molar-refractivity contribution in [1.82, 2.24) is 5.32 Å². The molecule has 0 aliphatic rings. The maximum atomic E-state index is 5.93. The van der Waals surface area contributed by atoms with Crippen LogP contribution in [0.25, 0.3) is 11.0 Å². The normalized spacial score (nSPS) is 14.2. The minimum absolute atomic E-state index is 0.174. The second-order valence-electron chi connectivity index (χ2n) is 5.71. The Balaban J connectivity index is 1.77. The Morgan fingerprint density at radius 3 is 2.48 bits per heavy atom. The van der Waals surface area contributed by atoms with Crippen molar-refractivity contribution in [3.05, 3.63) is 71.5 Å². The van der Waals surface area contributed by atoms with Crippen molar-refractivity contribution in [3.8, 4) is 0 Å². The summed E-state index contributed by atoms with van der Waals surface area (Å²) in [6, 6.07) is 19.3. The Kier molecular flexibility index (Phi) is 3.80. The van der Waals surface area contributed by atoms with Crippen LogP contribution in [-0.2, 0) is 0 Å². The third kappa shape index (κ3) is 3.01. The Morgan fingerprint density at radius 1 is 0.905 bits per heavy atom. The van der Waals surface area contributed by atoms with Crippen LogP contribution >= 0.6 is 0 Å². The zero-order valence-electron chi connectivity index (χ0n) is 12.8. The van der Waals surface area contributed by atoms with Gasteiger partial charge < -0.3 is 9.73 Å². The maximum Gasteiger partial charge on any atom is 0.134 e. The molecule has 0 aliphatic heterocycles.